The molecular formula is C20H22FNO4. The first-order chi connectivity index (χ1) is 12.5. The van der Waals surface area contributed by atoms with Crippen LogP contribution in [0.1, 0.15) is 31.7 Å². The summed E-state index contributed by atoms with van der Waals surface area (Å²) in [7, 11) is 0. The van der Waals surface area contributed by atoms with Crippen molar-refractivity contribution < 1.29 is 23.5 Å². The Hall–Kier alpha value is -2.89. The van der Waals surface area contributed by atoms with Gasteiger partial charge in [-0.15, -0.1) is 0 Å². The molecule has 0 heterocycles. The smallest absolute Gasteiger partial charge is 0.344 e. The van der Waals surface area contributed by atoms with Gasteiger partial charge in [0.1, 0.15) is 11.6 Å². The molecule has 2 aromatic rings. The number of carbonyl (C=O) groups is 2. The SMILES string of the molecule is CCOC(=O)COc1cccc(NC(=O)CC(C)c2cccc(F)c2)c1. The average Bonchev–Trinajstić information content (AvgIpc) is 2.60. The van der Waals surface area contributed by atoms with E-state index >= 15 is 0 Å². The maximum atomic E-state index is 13.3. The molecule has 2 aromatic carbocycles. The zero-order valence-electron chi connectivity index (χ0n) is 14.8. The van der Waals surface area contributed by atoms with Crippen molar-refractivity contribution in [2.24, 2.45) is 0 Å². The molecule has 0 aliphatic rings. The lowest BCUT2D eigenvalue weighted by atomic mass is 9.97. The van der Waals surface area contributed by atoms with E-state index in [-0.39, 0.29) is 30.7 Å². The second kappa shape index (κ2) is 9.56. The lowest BCUT2D eigenvalue weighted by Crippen LogP contribution is -2.16. The van der Waals surface area contributed by atoms with E-state index in [0.717, 1.165) is 5.56 Å². The maximum Gasteiger partial charge on any atom is 0.344 e. The molecule has 5 nitrogen and oxygen atoms in total. The van der Waals surface area contributed by atoms with Crippen LogP contribution in [0.4, 0.5) is 10.1 Å². The van der Waals surface area contributed by atoms with Crippen LogP contribution in [0.25, 0.3) is 0 Å². The number of benzene rings is 2. The van der Waals surface area contributed by atoms with E-state index in [2.05, 4.69) is 5.32 Å². The van der Waals surface area contributed by atoms with Crippen molar-refractivity contribution >= 4 is 17.6 Å². The Morgan fingerprint density at radius 3 is 2.65 bits per heavy atom. The molecule has 0 aliphatic heterocycles. The quantitative estimate of drug-likeness (QED) is 0.726. The van der Waals surface area contributed by atoms with Gasteiger partial charge in [0.05, 0.1) is 6.61 Å². The third kappa shape index (κ3) is 6.20. The van der Waals surface area contributed by atoms with Crippen LogP contribution in [0, 0.1) is 5.82 Å². The third-order valence-corrected chi connectivity index (χ3v) is 3.69. The summed E-state index contributed by atoms with van der Waals surface area (Å²) < 4.78 is 23.4. The van der Waals surface area contributed by atoms with Crippen molar-refractivity contribution in [3.63, 3.8) is 0 Å². The fraction of sp³-hybridized carbons (Fsp3) is 0.300. The fourth-order valence-electron chi connectivity index (χ4n) is 2.43. The number of halogens is 1. The molecule has 1 atom stereocenters. The van der Waals surface area contributed by atoms with E-state index in [4.69, 9.17) is 9.47 Å². The summed E-state index contributed by atoms with van der Waals surface area (Å²) >= 11 is 0. The van der Waals surface area contributed by atoms with Gasteiger partial charge < -0.3 is 14.8 Å². The summed E-state index contributed by atoms with van der Waals surface area (Å²) in [5.74, 6) is -0.626. The highest BCUT2D eigenvalue weighted by Gasteiger charge is 2.12. The largest absolute Gasteiger partial charge is 0.482 e. The Kier molecular flexibility index (Phi) is 7.14. The lowest BCUT2D eigenvalue weighted by Gasteiger charge is -2.13. The van der Waals surface area contributed by atoms with Gasteiger partial charge in [-0.1, -0.05) is 25.1 Å². The van der Waals surface area contributed by atoms with Crippen LogP contribution in [0.5, 0.6) is 5.75 Å². The molecule has 0 aliphatic carbocycles. The number of rotatable bonds is 8. The second-order valence-corrected chi connectivity index (χ2v) is 5.83. The van der Waals surface area contributed by atoms with Gasteiger partial charge in [-0.2, -0.15) is 0 Å². The normalized spacial score (nSPS) is 11.5. The molecule has 138 valence electrons. The topological polar surface area (TPSA) is 64.6 Å². The molecule has 0 radical (unpaired) electrons. The molecule has 0 spiro atoms. The monoisotopic (exact) mass is 359 g/mol. The van der Waals surface area contributed by atoms with Gasteiger partial charge in [-0.3, -0.25) is 4.79 Å². The Balaban J connectivity index is 1.90. The Bertz CT molecular complexity index is 763. The van der Waals surface area contributed by atoms with Crippen LogP contribution < -0.4 is 10.1 Å². The first-order valence-electron chi connectivity index (χ1n) is 8.41. The van der Waals surface area contributed by atoms with Crippen LogP contribution in [0.2, 0.25) is 0 Å². The molecule has 6 heteroatoms. The van der Waals surface area contributed by atoms with E-state index in [1.807, 2.05) is 6.92 Å². The van der Waals surface area contributed by atoms with E-state index in [9.17, 15) is 14.0 Å². The van der Waals surface area contributed by atoms with E-state index in [0.29, 0.717) is 18.0 Å². The fourth-order valence-corrected chi connectivity index (χ4v) is 2.43. The van der Waals surface area contributed by atoms with Crippen molar-refractivity contribution in [1.29, 1.82) is 0 Å². The summed E-state index contributed by atoms with van der Waals surface area (Å²) in [5.41, 5.74) is 1.33. The van der Waals surface area contributed by atoms with Crippen LogP contribution >= 0.6 is 0 Å². The molecule has 0 aromatic heterocycles. The van der Waals surface area contributed by atoms with Gasteiger partial charge in [0.2, 0.25) is 5.91 Å². The summed E-state index contributed by atoms with van der Waals surface area (Å²) in [6, 6.07) is 13.0. The molecule has 1 N–H and O–H groups in total. The van der Waals surface area contributed by atoms with Crippen molar-refractivity contribution in [3.05, 3.63) is 59.9 Å². The zero-order chi connectivity index (χ0) is 18.9. The number of hydrogen-bond donors (Lipinski definition) is 1. The Labute approximate surface area is 152 Å². The Morgan fingerprint density at radius 1 is 1.15 bits per heavy atom. The molecule has 26 heavy (non-hydrogen) atoms. The maximum absolute atomic E-state index is 13.3. The lowest BCUT2D eigenvalue weighted by molar-refractivity contribution is -0.145. The first kappa shape index (κ1) is 19.4. The molecule has 1 amide bonds. The number of carbonyl (C=O) groups excluding carboxylic acids is 2. The first-order valence-corrected chi connectivity index (χ1v) is 8.41. The van der Waals surface area contributed by atoms with Gasteiger partial charge in [-0.05, 0) is 42.7 Å². The molecule has 2 rings (SSSR count). The Morgan fingerprint density at radius 2 is 1.92 bits per heavy atom. The minimum atomic E-state index is -0.453. The third-order valence-electron chi connectivity index (χ3n) is 3.69. The highest BCUT2D eigenvalue weighted by molar-refractivity contribution is 5.91. The van der Waals surface area contributed by atoms with Crippen molar-refractivity contribution in [2.45, 2.75) is 26.2 Å². The van der Waals surface area contributed by atoms with Gasteiger partial charge in [0.25, 0.3) is 0 Å². The van der Waals surface area contributed by atoms with Crippen LogP contribution in [0.3, 0.4) is 0 Å². The van der Waals surface area contributed by atoms with Crippen molar-refractivity contribution in [1.82, 2.24) is 0 Å². The van der Waals surface area contributed by atoms with Crippen LogP contribution in [0.15, 0.2) is 48.5 Å². The second-order valence-electron chi connectivity index (χ2n) is 5.83. The van der Waals surface area contributed by atoms with Crippen molar-refractivity contribution in [3.8, 4) is 5.75 Å². The number of anilines is 1. The molecule has 0 saturated heterocycles. The van der Waals surface area contributed by atoms with Gasteiger partial charge >= 0.3 is 5.97 Å². The molecule has 0 bridgehead atoms. The number of ether oxygens (including phenoxy) is 2. The van der Waals surface area contributed by atoms with Gasteiger partial charge in [0, 0.05) is 18.2 Å². The van der Waals surface area contributed by atoms with Crippen LogP contribution in [-0.4, -0.2) is 25.1 Å². The van der Waals surface area contributed by atoms with Gasteiger partial charge in [-0.25, -0.2) is 9.18 Å². The van der Waals surface area contributed by atoms with E-state index < -0.39 is 5.97 Å². The minimum Gasteiger partial charge on any atom is -0.482 e. The van der Waals surface area contributed by atoms with Gasteiger partial charge in [0.15, 0.2) is 6.61 Å². The highest BCUT2D eigenvalue weighted by atomic mass is 19.1. The van der Waals surface area contributed by atoms with Crippen LogP contribution in [-0.2, 0) is 14.3 Å². The summed E-state index contributed by atoms with van der Waals surface area (Å²) in [5, 5.41) is 2.78. The molecular weight excluding hydrogens is 337 g/mol. The zero-order valence-corrected chi connectivity index (χ0v) is 14.8. The summed E-state index contributed by atoms with van der Waals surface area (Å²) in [6.07, 6.45) is 0.220. The molecule has 1 unspecified atom stereocenters. The highest BCUT2D eigenvalue weighted by Crippen LogP contribution is 2.22. The molecule has 0 fully saturated rings. The molecule has 0 saturated carbocycles. The summed E-state index contributed by atoms with van der Waals surface area (Å²) in [4.78, 5) is 23.5. The van der Waals surface area contributed by atoms with E-state index in [1.54, 1.807) is 43.3 Å². The predicted octanol–water partition coefficient (Wildman–Crippen LogP) is 3.90. The predicted molar refractivity (Wildman–Crippen MR) is 96.6 cm³/mol. The number of nitrogens with one attached hydrogen (secondary N) is 1. The minimum absolute atomic E-state index is 0.117. The number of hydrogen-bond acceptors (Lipinski definition) is 4. The number of amides is 1. The van der Waals surface area contributed by atoms with Crippen molar-refractivity contribution in [2.75, 3.05) is 18.5 Å². The average molecular weight is 359 g/mol. The standard InChI is InChI=1S/C20H22FNO4/c1-3-25-20(24)13-26-18-9-5-8-17(12-18)22-19(23)10-14(2)15-6-4-7-16(21)11-15/h4-9,11-12,14H,3,10,13H2,1-2H3,(H,22,23). The van der Waals surface area contributed by atoms with E-state index in [1.165, 1.54) is 12.1 Å². The summed E-state index contributed by atoms with van der Waals surface area (Å²) in [6.45, 7) is 3.69. The number of esters is 1.